The first-order valence-electron chi connectivity index (χ1n) is 13.4. The molecular formula is C31H39N3O5S. The van der Waals surface area contributed by atoms with Gasteiger partial charge >= 0.3 is 0 Å². The first-order valence-corrected chi connectivity index (χ1v) is 14.9. The van der Waals surface area contributed by atoms with Crippen molar-refractivity contribution in [3.05, 3.63) is 89.5 Å². The number of carbonyl (C=O) groups excluding carboxylic acids is 2. The summed E-state index contributed by atoms with van der Waals surface area (Å²) in [4.78, 5) is 28.6. The Labute approximate surface area is 238 Å². The van der Waals surface area contributed by atoms with E-state index in [2.05, 4.69) is 5.32 Å². The molecule has 214 valence electrons. The van der Waals surface area contributed by atoms with E-state index in [1.54, 1.807) is 63.4 Å². The fourth-order valence-electron chi connectivity index (χ4n) is 4.28. The number of benzene rings is 3. The molecule has 40 heavy (non-hydrogen) atoms. The van der Waals surface area contributed by atoms with Crippen LogP contribution in [0.5, 0.6) is 5.75 Å². The van der Waals surface area contributed by atoms with Crippen molar-refractivity contribution in [2.24, 2.45) is 0 Å². The number of aryl methyl sites for hydroxylation is 2. The number of nitrogens with one attached hydrogen (secondary N) is 1. The normalized spacial score (nSPS) is 11.9. The Morgan fingerprint density at radius 3 is 2.33 bits per heavy atom. The van der Waals surface area contributed by atoms with Gasteiger partial charge in [-0.2, -0.15) is 0 Å². The molecule has 8 nitrogen and oxygen atoms in total. The number of sulfonamides is 1. The summed E-state index contributed by atoms with van der Waals surface area (Å²) in [6.45, 7) is 7.49. The lowest BCUT2D eigenvalue weighted by atomic mass is 10.1. The number of nitrogens with zero attached hydrogens (tertiary/aromatic N) is 2. The molecule has 0 bridgehead atoms. The van der Waals surface area contributed by atoms with Crippen LogP contribution in [0.2, 0.25) is 0 Å². The Bertz CT molecular complexity index is 1410. The van der Waals surface area contributed by atoms with Crippen molar-refractivity contribution in [2.75, 3.05) is 24.5 Å². The summed E-state index contributed by atoms with van der Waals surface area (Å²) in [5.41, 5.74) is 2.78. The molecule has 3 rings (SSSR count). The second-order valence-corrected chi connectivity index (χ2v) is 11.7. The van der Waals surface area contributed by atoms with Gasteiger partial charge in [0.15, 0.2) is 0 Å². The molecule has 0 saturated heterocycles. The first-order chi connectivity index (χ1) is 19.1. The fraction of sp³-hybridized carbons (Fsp3) is 0.355. The predicted octanol–water partition coefficient (Wildman–Crippen LogP) is 4.84. The average molecular weight is 566 g/mol. The van der Waals surface area contributed by atoms with Crippen LogP contribution in [0.15, 0.2) is 77.7 Å². The monoisotopic (exact) mass is 565 g/mol. The quantitative estimate of drug-likeness (QED) is 0.299. The average Bonchev–Trinajstić information content (AvgIpc) is 2.95. The van der Waals surface area contributed by atoms with Crippen LogP contribution in [0.1, 0.15) is 43.4 Å². The first kappa shape index (κ1) is 30.7. The second kappa shape index (κ2) is 14.0. The van der Waals surface area contributed by atoms with Gasteiger partial charge in [-0.05, 0) is 68.7 Å². The summed E-state index contributed by atoms with van der Waals surface area (Å²) in [6.07, 6.45) is 1.74. The molecule has 0 aromatic heterocycles. The van der Waals surface area contributed by atoms with Gasteiger partial charge in [-0.3, -0.25) is 13.9 Å². The van der Waals surface area contributed by atoms with Crippen LogP contribution in [-0.2, 0) is 26.2 Å². The van der Waals surface area contributed by atoms with Crippen molar-refractivity contribution in [3.8, 4) is 5.75 Å². The molecule has 3 aromatic rings. The molecule has 0 spiro atoms. The number of para-hydroxylation sites is 1. The number of ether oxygens (including phenoxy) is 1. The minimum absolute atomic E-state index is 0.0823. The SMILES string of the molecule is CCCCNC(=O)C(C)N(Cc1cccc(OC)c1)C(=O)CN(c1ccccc1C)S(=O)(=O)c1ccc(C)cc1. The highest BCUT2D eigenvalue weighted by atomic mass is 32.2. The lowest BCUT2D eigenvalue weighted by Gasteiger charge is -2.32. The van der Waals surface area contributed by atoms with Crippen molar-refractivity contribution in [2.45, 2.75) is 58.0 Å². The summed E-state index contributed by atoms with van der Waals surface area (Å²) in [7, 11) is -2.55. The van der Waals surface area contributed by atoms with Crippen LogP contribution in [0.25, 0.3) is 0 Å². The van der Waals surface area contributed by atoms with Gasteiger partial charge in [0.25, 0.3) is 10.0 Å². The van der Waals surface area contributed by atoms with Gasteiger partial charge in [0.2, 0.25) is 11.8 Å². The highest BCUT2D eigenvalue weighted by molar-refractivity contribution is 7.92. The van der Waals surface area contributed by atoms with Crippen LogP contribution in [0.4, 0.5) is 5.69 Å². The summed E-state index contributed by atoms with van der Waals surface area (Å²) in [6, 6.07) is 20.0. The molecule has 1 unspecified atom stereocenters. The molecular weight excluding hydrogens is 526 g/mol. The summed E-state index contributed by atoms with van der Waals surface area (Å²) < 4.78 is 34.3. The lowest BCUT2D eigenvalue weighted by Crippen LogP contribution is -2.51. The fourth-order valence-corrected chi connectivity index (χ4v) is 5.76. The Balaban J connectivity index is 2.02. The molecule has 0 aliphatic rings. The largest absolute Gasteiger partial charge is 0.497 e. The summed E-state index contributed by atoms with van der Waals surface area (Å²) in [5.74, 6) is -0.179. The van der Waals surface area contributed by atoms with Crippen LogP contribution >= 0.6 is 0 Å². The van der Waals surface area contributed by atoms with E-state index in [-0.39, 0.29) is 17.3 Å². The summed E-state index contributed by atoms with van der Waals surface area (Å²) >= 11 is 0. The van der Waals surface area contributed by atoms with E-state index in [4.69, 9.17) is 4.74 Å². The van der Waals surface area contributed by atoms with Crippen molar-refractivity contribution < 1.29 is 22.7 Å². The molecule has 0 fully saturated rings. The molecule has 2 amide bonds. The molecule has 0 radical (unpaired) electrons. The number of hydrogen-bond donors (Lipinski definition) is 1. The molecule has 1 atom stereocenters. The van der Waals surface area contributed by atoms with Crippen molar-refractivity contribution in [1.82, 2.24) is 10.2 Å². The Morgan fingerprint density at radius 2 is 1.68 bits per heavy atom. The third-order valence-electron chi connectivity index (χ3n) is 6.76. The maximum absolute atomic E-state index is 14.0. The molecule has 0 saturated carbocycles. The number of hydrogen-bond acceptors (Lipinski definition) is 5. The minimum atomic E-state index is -4.10. The van der Waals surface area contributed by atoms with E-state index < -0.39 is 28.5 Å². The highest BCUT2D eigenvalue weighted by Crippen LogP contribution is 2.27. The Morgan fingerprint density at radius 1 is 0.975 bits per heavy atom. The minimum Gasteiger partial charge on any atom is -0.497 e. The van der Waals surface area contributed by atoms with E-state index >= 15 is 0 Å². The number of anilines is 1. The number of rotatable bonds is 13. The predicted molar refractivity (Wildman–Crippen MR) is 158 cm³/mol. The van der Waals surface area contributed by atoms with Crippen LogP contribution in [0.3, 0.4) is 0 Å². The zero-order chi connectivity index (χ0) is 29.3. The van der Waals surface area contributed by atoms with Crippen molar-refractivity contribution in [1.29, 1.82) is 0 Å². The van der Waals surface area contributed by atoms with Gasteiger partial charge in [0.1, 0.15) is 18.3 Å². The Hall–Kier alpha value is -3.85. The number of methoxy groups -OCH3 is 1. The standard InChI is InChI=1S/C31H39N3O5S/c1-6-7-19-32-31(36)25(4)33(21-26-12-10-13-27(20-26)39-5)30(35)22-34(29-14-9-8-11-24(29)3)40(37,38)28-17-15-23(2)16-18-28/h8-18,20,25H,6-7,19,21-22H2,1-5H3,(H,32,36). The van der Waals surface area contributed by atoms with Gasteiger partial charge < -0.3 is 15.0 Å². The maximum atomic E-state index is 14.0. The zero-order valence-electron chi connectivity index (χ0n) is 23.9. The molecule has 3 aromatic carbocycles. The van der Waals surface area contributed by atoms with Crippen LogP contribution < -0.4 is 14.4 Å². The molecule has 0 aliphatic carbocycles. The third kappa shape index (κ3) is 7.63. The van der Waals surface area contributed by atoms with Crippen LogP contribution in [-0.4, -0.2) is 51.4 Å². The topological polar surface area (TPSA) is 96.0 Å². The third-order valence-corrected chi connectivity index (χ3v) is 8.53. The van der Waals surface area contributed by atoms with Gasteiger partial charge in [-0.25, -0.2) is 8.42 Å². The Kier molecular flexibility index (Phi) is 10.7. The number of carbonyl (C=O) groups is 2. The van der Waals surface area contributed by atoms with Gasteiger partial charge in [0, 0.05) is 13.1 Å². The van der Waals surface area contributed by atoms with E-state index in [1.807, 2.05) is 32.0 Å². The molecule has 0 aliphatic heterocycles. The lowest BCUT2D eigenvalue weighted by molar-refractivity contribution is -0.139. The van der Waals surface area contributed by atoms with Crippen LogP contribution in [0, 0.1) is 13.8 Å². The van der Waals surface area contributed by atoms with Crippen molar-refractivity contribution in [3.63, 3.8) is 0 Å². The van der Waals surface area contributed by atoms with E-state index in [0.717, 1.165) is 28.3 Å². The van der Waals surface area contributed by atoms with E-state index in [1.165, 1.54) is 17.0 Å². The molecule has 0 heterocycles. The highest BCUT2D eigenvalue weighted by Gasteiger charge is 2.33. The molecule has 1 N–H and O–H groups in total. The van der Waals surface area contributed by atoms with Gasteiger partial charge in [0.05, 0.1) is 17.7 Å². The molecule has 9 heteroatoms. The number of unbranched alkanes of at least 4 members (excludes halogenated alkanes) is 1. The van der Waals surface area contributed by atoms with Gasteiger partial charge in [-0.15, -0.1) is 0 Å². The van der Waals surface area contributed by atoms with Gasteiger partial charge in [-0.1, -0.05) is 61.4 Å². The smallest absolute Gasteiger partial charge is 0.264 e. The zero-order valence-corrected chi connectivity index (χ0v) is 24.7. The van der Waals surface area contributed by atoms with Crippen molar-refractivity contribution >= 4 is 27.5 Å². The van der Waals surface area contributed by atoms with E-state index in [9.17, 15) is 18.0 Å². The maximum Gasteiger partial charge on any atom is 0.264 e. The second-order valence-electron chi connectivity index (χ2n) is 9.80. The summed E-state index contributed by atoms with van der Waals surface area (Å²) in [5, 5.41) is 2.89. The van der Waals surface area contributed by atoms with E-state index in [0.29, 0.717) is 23.5 Å². The number of amides is 2.